The van der Waals surface area contributed by atoms with Crippen molar-refractivity contribution in [1.29, 1.82) is 0 Å². The highest BCUT2D eigenvalue weighted by Gasteiger charge is 2.32. The fourth-order valence-corrected chi connectivity index (χ4v) is 3.66. The van der Waals surface area contributed by atoms with Crippen LogP contribution in [0.15, 0.2) is 23.2 Å². The van der Waals surface area contributed by atoms with Gasteiger partial charge in [-0.05, 0) is 55.4 Å². The number of rotatable bonds is 4. The number of aryl methyl sites for hydroxylation is 2. The molecule has 0 amide bonds. The fraction of sp³-hybridized carbons (Fsp3) is 0.611. The number of aliphatic imine (C=N–C) groups is 1. The van der Waals surface area contributed by atoms with Crippen LogP contribution in [0.4, 0.5) is 5.69 Å². The van der Waals surface area contributed by atoms with Gasteiger partial charge in [0.1, 0.15) is 0 Å². The van der Waals surface area contributed by atoms with Crippen molar-refractivity contribution in [2.45, 2.75) is 44.2 Å². The van der Waals surface area contributed by atoms with Crippen molar-refractivity contribution in [3.63, 3.8) is 0 Å². The van der Waals surface area contributed by atoms with E-state index in [2.05, 4.69) is 33.4 Å². The van der Waals surface area contributed by atoms with Crippen molar-refractivity contribution in [3.05, 3.63) is 29.3 Å². The first-order valence-corrected chi connectivity index (χ1v) is 8.82. The molecule has 1 unspecified atom stereocenters. The number of fused-ring (bicyclic) bond motifs is 1. The SMILES string of the molecule is NC(=NCC1CN(C2CC2)CCO1)Nc1ccc2c(c1)CCC2. The number of nitrogens with two attached hydrogens (primary N) is 1. The zero-order valence-corrected chi connectivity index (χ0v) is 13.6. The van der Waals surface area contributed by atoms with Crippen molar-refractivity contribution < 1.29 is 4.74 Å². The summed E-state index contributed by atoms with van der Waals surface area (Å²) in [6, 6.07) is 7.30. The molecule has 1 saturated carbocycles. The number of benzene rings is 1. The number of hydrogen-bond donors (Lipinski definition) is 2. The van der Waals surface area contributed by atoms with E-state index in [1.807, 2.05) is 0 Å². The zero-order valence-electron chi connectivity index (χ0n) is 13.6. The normalized spacial score (nSPS) is 25.4. The lowest BCUT2D eigenvalue weighted by molar-refractivity contribution is -0.0258. The summed E-state index contributed by atoms with van der Waals surface area (Å²) in [5.41, 5.74) is 10.00. The molecule has 124 valence electrons. The van der Waals surface area contributed by atoms with Crippen molar-refractivity contribution in [1.82, 2.24) is 4.90 Å². The largest absolute Gasteiger partial charge is 0.374 e. The molecule has 1 aromatic rings. The first kappa shape index (κ1) is 15.0. The molecule has 3 N–H and O–H groups in total. The first-order valence-electron chi connectivity index (χ1n) is 8.82. The molecule has 1 saturated heterocycles. The Balaban J connectivity index is 1.31. The van der Waals surface area contributed by atoms with Gasteiger partial charge < -0.3 is 15.8 Å². The molecule has 1 aliphatic heterocycles. The highest BCUT2D eigenvalue weighted by Crippen LogP contribution is 2.28. The standard InChI is InChI=1S/C18H26N4O/c19-18(21-15-5-4-13-2-1-3-14(13)10-15)20-11-17-12-22(8-9-23-17)16-6-7-16/h4-5,10,16-17H,1-3,6-9,11-12H2,(H3,19,20,21). The minimum Gasteiger partial charge on any atom is -0.374 e. The van der Waals surface area contributed by atoms with Crippen LogP contribution in [0.1, 0.15) is 30.4 Å². The van der Waals surface area contributed by atoms with E-state index in [0.29, 0.717) is 12.5 Å². The van der Waals surface area contributed by atoms with Crippen LogP contribution < -0.4 is 11.1 Å². The zero-order chi connectivity index (χ0) is 15.6. The quantitative estimate of drug-likeness (QED) is 0.657. The second-order valence-electron chi connectivity index (χ2n) is 6.91. The fourth-order valence-electron chi connectivity index (χ4n) is 3.66. The Kier molecular flexibility index (Phi) is 4.23. The third kappa shape index (κ3) is 3.67. The third-order valence-electron chi connectivity index (χ3n) is 5.07. The van der Waals surface area contributed by atoms with Gasteiger partial charge in [-0.3, -0.25) is 9.89 Å². The molecule has 2 aliphatic carbocycles. The summed E-state index contributed by atoms with van der Waals surface area (Å²) in [6.07, 6.45) is 6.50. The number of guanidine groups is 1. The Morgan fingerprint density at radius 1 is 1.30 bits per heavy atom. The van der Waals surface area contributed by atoms with Crippen LogP contribution in [0.2, 0.25) is 0 Å². The average molecular weight is 314 g/mol. The minimum absolute atomic E-state index is 0.171. The third-order valence-corrected chi connectivity index (χ3v) is 5.07. The molecule has 23 heavy (non-hydrogen) atoms. The van der Waals surface area contributed by atoms with Gasteiger partial charge in [0.25, 0.3) is 0 Å². The van der Waals surface area contributed by atoms with Crippen LogP contribution in [-0.2, 0) is 17.6 Å². The molecule has 1 aromatic carbocycles. The van der Waals surface area contributed by atoms with Crippen molar-refractivity contribution in [2.24, 2.45) is 10.7 Å². The van der Waals surface area contributed by atoms with Crippen molar-refractivity contribution in [3.8, 4) is 0 Å². The number of nitrogens with one attached hydrogen (secondary N) is 1. The van der Waals surface area contributed by atoms with Gasteiger partial charge >= 0.3 is 0 Å². The molecule has 1 heterocycles. The maximum Gasteiger partial charge on any atom is 0.193 e. The predicted octanol–water partition coefficient (Wildman–Crippen LogP) is 1.77. The van der Waals surface area contributed by atoms with E-state index >= 15 is 0 Å². The number of morpholine rings is 1. The molecule has 3 aliphatic rings. The van der Waals surface area contributed by atoms with Gasteiger partial charge in [0.2, 0.25) is 0 Å². The van der Waals surface area contributed by atoms with Gasteiger partial charge in [-0.1, -0.05) is 6.07 Å². The lowest BCUT2D eigenvalue weighted by Gasteiger charge is -2.32. The molecular formula is C18H26N4O. The molecule has 5 nitrogen and oxygen atoms in total. The molecule has 0 radical (unpaired) electrons. The smallest absolute Gasteiger partial charge is 0.193 e. The Morgan fingerprint density at radius 3 is 3.04 bits per heavy atom. The minimum atomic E-state index is 0.171. The maximum atomic E-state index is 6.04. The Morgan fingerprint density at radius 2 is 2.17 bits per heavy atom. The summed E-state index contributed by atoms with van der Waals surface area (Å²) in [6.45, 7) is 3.50. The Labute approximate surface area is 137 Å². The van der Waals surface area contributed by atoms with E-state index in [4.69, 9.17) is 10.5 Å². The Hall–Kier alpha value is -1.59. The van der Waals surface area contributed by atoms with Crippen LogP contribution in [0.5, 0.6) is 0 Å². The molecule has 5 heteroatoms. The van der Waals surface area contributed by atoms with Gasteiger partial charge in [-0.2, -0.15) is 0 Å². The molecule has 0 bridgehead atoms. The van der Waals surface area contributed by atoms with Gasteiger partial charge in [-0.15, -0.1) is 0 Å². The van der Waals surface area contributed by atoms with Crippen molar-refractivity contribution in [2.75, 3.05) is 31.6 Å². The van der Waals surface area contributed by atoms with Crippen LogP contribution in [0.3, 0.4) is 0 Å². The molecular weight excluding hydrogens is 288 g/mol. The van der Waals surface area contributed by atoms with E-state index in [-0.39, 0.29) is 6.10 Å². The Bertz CT molecular complexity index is 597. The topological polar surface area (TPSA) is 62.9 Å². The number of hydrogen-bond acceptors (Lipinski definition) is 3. The molecule has 0 spiro atoms. The van der Waals surface area contributed by atoms with Crippen LogP contribution in [0, 0.1) is 0 Å². The lowest BCUT2D eigenvalue weighted by atomic mass is 10.1. The summed E-state index contributed by atoms with van der Waals surface area (Å²) in [7, 11) is 0. The van der Waals surface area contributed by atoms with Gasteiger partial charge in [0.05, 0.1) is 19.3 Å². The van der Waals surface area contributed by atoms with E-state index < -0.39 is 0 Å². The van der Waals surface area contributed by atoms with Gasteiger partial charge in [0, 0.05) is 24.8 Å². The maximum absolute atomic E-state index is 6.04. The molecule has 1 atom stereocenters. The predicted molar refractivity (Wildman–Crippen MR) is 92.9 cm³/mol. The lowest BCUT2D eigenvalue weighted by Crippen LogP contribution is -2.45. The molecule has 4 rings (SSSR count). The van der Waals surface area contributed by atoms with E-state index in [1.54, 1.807) is 0 Å². The molecule has 0 aromatic heterocycles. The van der Waals surface area contributed by atoms with Gasteiger partial charge in [0.15, 0.2) is 5.96 Å². The summed E-state index contributed by atoms with van der Waals surface area (Å²) < 4.78 is 5.82. The van der Waals surface area contributed by atoms with E-state index in [9.17, 15) is 0 Å². The summed E-state index contributed by atoms with van der Waals surface area (Å²) in [4.78, 5) is 7.02. The second kappa shape index (κ2) is 6.49. The monoisotopic (exact) mass is 314 g/mol. The average Bonchev–Trinajstić information content (AvgIpc) is 3.32. The first-order chi connectivity index (χ1) is 11.3. The molecule has 2 fully saturated rings. The highest BCUT2D eigenvalue weighted by atomic mass is 16.5. The number of ether oxygens (including phenoxy) is 1. The van der Waals surface area contributed by atoms with E-state index in [1.165, 1.54) is 43.2 Å². The van der Waals surface area contributed by atoms with Crippen LogP contribution in [-0.4, -0.2) is 49.2 Å². The van der Waals surface area contributed by atoms with Gasteiger partial charge in [-0.25, -0.2) is 0 Å². The van der Waals surface area contributed by atoms with Crippen LogP contribution in [0.25, 0.3) is 0 Å². The summed E-state index contributed by atoms with van der Waals surface area (Å²) in [5, 5.41) is 3.22. The highest BCUT2D eigenvalue weighted by molar-refractivity contribution is 5.92. The number of anilines is 1. The van der Waals surface area contributed by atoms with E-state index in [0.717, 1.165) is 31.4 Å². The van der Waals surface area contributed by atoms with Crippen LogP contribution >= 0.6 is 0 Å². The number of nitrogens with zero attached hydrogens (tertiary/aromatic N) is 2. The summed E-state index contributed by atoms with van der Waals surface area (Å²) in [5.74, 6) is 0.482. The second-order valence-corrected chi connectivity index (χ2v) is 6.91. The summed E-state index contributed by atoms with van der Waals surface area (Å²) >= 11 is 0. The van der Waals surface area contributed by atoms with Crippen molar-refractivity contribution >= 4 is 11.6 Å².